The number of aliphatic imine (C=N–C) groups is 1. The molecule has 0 saturated carbocycles. The van der Waals surface area contributed by atoms with Crippen LogP contribution in [0.4, 0.5) is 5.69 Å². The lowest BCUT2D eigenvalue weighted by atomic mass is 10.1. The molecule has 0 saturated heterocycles. The van der Waals surface area contributed by atoms with E-state index >= 15 is 0 Å². The Morgan fingerprint density at radius 2 is 1.80 bits per heavy atom. The van der Waals surface area contributed by atoms with Gasteiger partial charge in [0.2, 0.25) is 0 Å². The van der Waals surface area contributed by atoms with E-state index in [4.69, 9.17) is 14.5 Å². The van der Waals surface area contributed by atoms with Crippen molar-refractivity contribution in [2.45, 2.75) is 13.5 Å². The summed E-state index contributed by atoms with van der Waals surface area (Å²) in [5.41, 5.74) is 4.01. The molecule has 0 atom stereocenters. The largest absolute Gasteiger partial charge is 0.493 e. The summed E-state index contributed by atoms with van der Waals surface area (Å²) >= 11 is 0. The summed E-state index contributed by atoms with van der Waals surface area (Å²) in [5, 5.41) is 6.58. The van der Waals surface area contributed by atoms with Crippen molar-refractivity contribution in [3.05, 3.63) is 72.4 Å². The first-order chi connectivity index (χ1) is 14.2. The maximum Gasteiger partial charge on any atom is 0.196 e. The Kier molecular flexibility index (Phi) is 9.40. The summed E-state index contributed by atoms with van der Waals surface area (Å²) < 4.78 is 10.7. The molecular weight excluding hydrogens is 491 g/mol. The number of methoxy groups -OCH3 is 2. The molecule has 0 amide bonds. The van der Waals surface area contributed by atoms with Crippen LogP contribution in [0.15, 0.2) is 71.9 Å². The number of ether oxygens (including phenoxy) is 2. The summed E-state index contributed by atoms with van der Waals surface area (Å²) in [4.78, 5) is 9.13. The first kappa shape index (κ1) is 23.5. The number of halogens is 1. The van der Waals surface area contributed by atoms with Gasteiger partial charge in [-0.3, -0.25) is 4.98 Å². The van der Waals surface area contributed by atoms with Gasteiger partial charge in [0, 0.05) is 30.1 Å². The fourth-order valence-corrected chi connectivity index (χ4v) is 2.89. The van der Waals surface area contributed by atoms with Gasteiger partial charge in [-0.15, -0.1) is 24.0 Å². The summed E-state index contributed by atoms with van der Waals surface area (Å²) in [6.07, 6.45) is 1.80. The van der Waals surface area contributed by atoms with Gasteiger partial charge in [0.15, 0.2) is 17.5 Å². The smallest absolute Gasteiger partial charge is 0.196 e. The Balaban J connectivity index is 0.00000320. The van der Waals surface area contributed by atoms with Crippen LogP contribution in [0.25, 0.3) is 11.3 Å². The number of benzene rings is 2. The first-order valence-electron chi connectivity index (χ1n) is 9.51. The monoisotopic (exact) mass is 518 g/mol. The van der Waals surface area contributed by atoms with Crippen molar-refractivity contribution in [3.63, 3.8) is 0 Å². The van der Waals surface area contributed by atoms with E-state index in [1.54, 1.807) is 20.4 Å². The molecule has 0 spiro atoms. The summed E-state index contributed by atoms with van der Waals surface area (Å²) in [7, 11) is 3.24. The molecule has 2 N–H and O–H groups in total. The average molecular weight is 518 g/mol. The van der Waals surface area contributed by atoms with Crippen molar-refractivity contribution in [1.82, 2.24) is 10.3 Å². The van der Waals surface area contributed by atoms with Crippen molar-refractivity contribution in [2.75, 3.05) is 26.1 Å². The number of aromatic nitrogens is 1. The second-order valence-electron chi connectivity index (χ2n) is 6.31. The van der Waals surface area contributed by atoms with Gasteiger partial charge < -0.3 is 20.1 Å². The van der Waals surface area contributed by atoms with Crippen molar-refractivity contribution in [2.24, 2.45) is 4.99 Å². The molecule has 1 aromatic heterocycles. The molecule has 0 aliphatic carbocycles. The molecule has 3 aromatic rings. The third-order valence-corrected chi connectivity index (χ3v) is 4.30. The minimum absolute atomic E-state index is 0. The highest BCUT2D eigenvalue weighted by molar-refractivity contribution is 14.0. The molecular formula is C23H27IN4O2. The number of rotatable bonds is 7. The van der Waals surface area contributed by atoms with Crippen LogP contribution in [0, 0.1) is 0 Å². The lowest BCUT2D eigenvalue weighted by Gasteiger charge is -2.14. The molecule has 0 bridgehead atoms. The van der Waals surface area contributed by atoms with Crippen LogP contribution < -0.4 is 20.1 Å². The second-order valence-corrected chi connectivity index (χ2v) is 6.31. The van der Waals surface area contributed by atoms with Crippen LogP contribution in [0.2, 0.25) is 0 Å². The van der Waals surface area contributed by atoms with Crippen LogP contribution in [0.1, 0.15) is 12.5 Å². The number of pyridine rings is 1. The summed E-state index contributed by atoms with van der Waals surface area (Å²) in [5.74, 6) is 2.05. The van der Waals surface area contributed by atoms with E-state index in [0.717, 1.165) is 29.1 Å². The Labute approximate surface area is 194 Å². The maximum absolute atomic E-state index is 5.37. The molecule has 30 heavy (non-hydrogen) atoms. The molecule has 0 radical (unpaired) electrons. The second kappa shape index (κ2) is 12.0. The fraction of sp³-hybridized carbons (Fsp3) is 0.217. The zero-order valence-corrected chi connectivity index (χ0v) is 19.7. The number of hydrogen-bond acceptors (Lipinski definition) is 4. The Morgan fingerprint density at radius 1 is 0.967 bits per heavy atom. The highest BCUT2D eigenvalue weighted by Gasteiger charge is 2.06. The van der Waals surface area contributed by atoms with E-state index in [2.05, 4.69) is 33.8 Å². The lowest BCUT2D eigenvalue weighted by Crippen LogP contribution is -2.30. The third kappa shape index (κ3) is 6.35. The van der Waals surface area contributed by atoms with Crippen molar-refractivity contribution in [3.8, 4) is 22.8 Å². The van der Waals surface area contributed by atoms with Gasteiger partial charge in [-0.25, -0.2) is 4.99 Å². The molecule has 7 heteroatoms. The SMILES string of the molecule is CCNC(=NCc1cccc(-c2ccccn2)c1)Nc1ccc(OC)c(OC)c1.I. The van der Waals surface area contributed by atoms with Crippen molar-refractivity contribution in [1.29, 1.82) is 0 Å². The van der Waals surface area contributed by atoms with E-state index < -0.39 is 0 Å². The molecule has 0 unspecified atom stereocenters. The minimum Gasteiger partial charge on any atom is -0.493 e. The van der Waals surface area contributed by atoms with Crippen LogP contribution in [-0.2, 0) is 6.54 Å². The quantitative estimate of drug-likeness (QED) is 0.263. The third-order valence-electron chi connectivity index (χ3n) is 4.30. The van der Waals surface area contributed by atoms with Gasteiger partial charge in [0.1, 0.15) is 0 Å². The van der Waals surface area contributed by atoms with Gasteiger partial charge in [0.05, 0.1) is 26.5 Å². The van der Waals surface area contributed by atoms with Gasteiger partial charge in [0.25, 0.3) is 0 Å². The summed E-state index contributed by atoms with van der Waals surface area (Å²) in [6, 6.07) is 19.9. The molecule has 6 nitrogen and oxygen atoms in total. The van der Waals surface area contributed by atoms with E-state index in [1.165, 1.54) is 0 Å². The van der Waals surface area contributed by atoms with Crippen LogP contribution in [0.5, 0.6) is 11.5 Å². The van der Waals surface area contributed by atoms with Crippen molar-refractivity contribution < 1.29 is 9.47 Å². The highest BCUT2D eigenvalue weighted by atomic mass is 127. The minimum atomic E-state index is 0. The number of anilines is 1. The van der Waals surface area contributed by atoms with E-state index in [0.29, 0.717) is 24.0 Å². The first-order valence-corrected chi connectivity index (χ1v) is 9.51. The van der Waals surface area contributed by atoms with Gasteiger partial charge in [-0.05, 0) is 42.8 Å². The number of hydrogen-bond donors (Lipinski definition) is 2. The zero-order chi connectivity index (χ0) is 20.5. The molecule has 2 aromatic carbocycles. The van der Waals surface area contributed by atoms with Crippen LogP contribution in [-0.4, -0.2) is 31.7 Å². The molecule has 1 heterocycles. The number of guanidine groups is 1. The predicted octanol–water partition coefficient (Wildman–Crippen LogP) is 4.96. The number of nitrogens with one attached hydrogen (secondary N) is 2. The van der Waals surface area contributed by atoms with Gasteiger partial charge >= 0.3 is 0 Å². The molecule has 3 rings (SSSR count). The van der Waals surface area contributed by atoms with E-state index in [1.807, 2.05) is 49.4 Å². The van der Waals surface area contributed by atoms with Crippen molar-refractivity contribution >= 4 is 35.6 Å². The molecule has 0 aliphatic heterocycles. The standard InChI is InChI=1S/C23H26N4O2.HI/c1-4-24-23(27-19-11-12-21(28-2)22(15-19)29-3)26-16-17-8-7-9-18(14-17)20-10-5-6-13-25-20;/h5-15H,4,16H2,1-3H3,(H2,24,26,27);1H. The normalized spacial score (nSPS) is 10.7. The highest BCUT2D eigenvalue weighted by Crippen LogP contribution is 2.29. The fourth-order valence-electron chi connectivity index (χ4n) is 2.89. The molecule has 0 fully saturated rings. The lowest BCUT2D eigenvalue weighted by molar-refractivity contribution is 0.355. The number of nitrogens with zero attached hydrogens (tertiary/aromatic N) is 2. The van der Waals surface area contributed by atoms with Gasteiger partial charge in [-0.1, -0.05) is 24.3 Å². The van der Waals surface area contributed by atoms with Crippen LogP contribution in [0.3, 0.4) is 0 Å². The summed E-state index contributed by atoms with van der Waals surface area (Å²) in [6.45, 7) is 3.34. The Hall–Kier alpha value is -2.81. The van der Waals surface area contributed by atoms with E-state index in [-0.39, 0.29) is 24.0 Å². The zero-order valence-electron chi connectivity index (χ0n) is 17.4. The van der Waals surface area contributed by atoms with Crippen LogP contribution >= 0.6 is 24.0 Å². The van der Waals surface area contributed by atoms with E-state index in [9.17, 15) is 0 Å². The molecule has 0 aliphatic rings. The topological polar surface area (TPSA) is 67.8 Å². The maximum atomic E-state index is 5.37. The Bertz CT molecular complexity index is 964. The Morgan fingerprint density at radius 3 is 2.50 bits per heavy atom. The predicted molar refractivity (Wildman–Crippen MR) is 133 cm³/mol. The average Bonchev–Trinajstić information content (AvgIpc) is 2.78. The molecule has 158 valence electrons. The van der Waals surface area contributed by atoms with Gasteiger partial charge in [-0.2, -0.15) is 0 Å².